The van der Waals surface area contributed by atoms with Crippen molar-refractivity contribution in [1.82, 2.24) is 9.21 Å². The molecule has 3 aliphatic heterocycles. The van der Waals surface area contributed by atoms with Crippen LogP contribution in [0.3, 0.4) is 0 Å². The number of amides is 1. The van der Waals surface area contributed by atoms with Gasteiger partial charge in [-0.15, -0.1) is 11.8 Å². The maximum atomic E-state index is 14.3. The van der Waals surface area contributed by atoms with Gasteiger partial charge in [0.25, 0.3) is 5.91 Å². The van der Waals surface area contributed by atoms with Gasteiger partial charge >= 0.3 is 0 Å². The number of hydrogen-bond donors (Lipinski definition) is 2. The summed E-state index contributed by atoms with van der Waals surface area (Å²) < 4.78 is 16.7. The van der Waals surface area contributed by atoms with E-state index in [1.54, 1.807) is 4.90 Å². The fourth-order valence-electron chi connectivity index (χ4n) is 5.39. The van der Waals surface area contributed by atoms with Crippen LogP contribution in [-0.2, 0) is 4.79 Å². The zero-order valence-electron chi connectivity index (χ0n) is 22.9. The second-order valence-electron chi connectivity index (χ2n) is 9.76. The van der Waals surface area contributed by atoms with Crippen molar-refractivity contribution in [3.05, 3.63) is 24.3 Å². The Morgan fingerprint density at radius 1 is 0.972 bits per heavy atom. The van der Waals surface area contributed by atoms with Crippen LogP contribution in [-0.4, -0.2) is 104 Å². The molecule has 0 spiro atoms. The van der Waals surface area contributed by atoms with Crippen molar-refractivity contribution in [1.29, 1.82) is 0 Å². The predicted molar refractivity (Wildman–Crippen MR) is 155 cm³/mol. The molecule has 7 nitrogen and oxygen atoms in total. The van der Waals surface area contributed by atoms with Gasteiger partial charge in [0.15, 0.2) is 0 Å². The van der Waals surface area contributed by atoms with E-state index in [1.807, 2.05) is 25.8 Å². The van der Waals surface area contributed by atoms with Gasteiger partial charge in [0, 0.05) is 94.0 Å². The standard InChI is InChI=1S/C23H36FN5OS2.C2H6.CH4O/c1-22-14-27(15-23(22,2)17-28(16-22)21(30)20(24)32-13-8-25)19-6-4-18(5-7-19)26-9-11-29(31-3)12-10-26;2*1-2/h4-7,20H,8-17,25H2,1-3H3;1-2H3;2H,1H3/t20?,22-,23+;;. The van der Waals surface area contributed by atoms with Gasteiger partial charge < -0.3 is 25.5 Å². The molecule has 3 fully saturated rings. The van der Waals surface area contributed by atoms with Crippen molar-refractivity contribution in [2.24, 2.45) is 16.6 Å². The number of benzene rings is 1. The molecule has 0 aromatic heterocycles. The summed E-state index contributed by atoms with van der Waals surface area (Å²) >= 11 is 2.83. The number of fused-ring (bicyclic) bond motifs is 1. The smallest absolute Gasteiger partial charge is 0.267 e. The Balaban J connectivity index is 0.00000109. The molecule has 0 radical (unpaired) electrons. The molecule has 3 atom stereocenters. The third-order valence-corrected chi connectivity index (χ3v) is 9.43. The summed E-state index contributed by atoms with van der Waals surface area (Å²) in [6.45, 7) is 16.2. The number of hydrogen-bond acceptors (Lipinski definition) is 8. The number of likely N-dealkylation sites (tertiary alicyclic amines) is 1. The highest BCUT2D eigenvalue weighted by atomic mass is 32.2. The number of thioether (sulfide) groups is 1. The third-order valence-electron chi connectivity index (χ3n) is 7.58. The zero-order chi connectivity index (χ0) is 26.9. The van der Waals surface area contributed by atoms with Crippen LogP contribution in [0.25, 0.3) is 0 Å². The summed E-state index contributed by atoms with van der Waals surface area (Å²) in [5, 5.41) is 7.00. The van der Waals surface area contributed by atoms with Gasteiger partial charge in [-0.25, -0.2) is 8.70 Å². The molecular formula is C26H46FN5O2S2. The third kappa shape index (κ3) is 6.81. The predicted octanol–water partition coefficient (Wildman–Crippen LogP) is 3.38. The first kappa shape index (κ1) is 31.0. The minimum atomic E-state index is -1.51. The molecule has 0 bridgehead atoms. The molecule has 36 heavy (non-hydrogen) atoms. The molecule has 1 aromatic carbocycles. The topological polar surface area (TPSA) is 76.3 Å². The molecule has 3 saturated heterocycles. The SMILES string of the molecule is CC.CO.CSN1CCN(c2ccc(N3C[C@]4(C)CN(C(=O)C(F)SCCN)C[C@]4(C)C3)cc2)CC1. The van der Waals surface area contributed by atoms with Crippen LogP contribution in [0.2, 0.25) is 0 Å². The number of rotatable bonds is 7. The Kier molecular flexibility index (Phi) is 12.1. The Hall–Kier alpha value is -1.20. The van der Waals surface area contributed by atoms with Crippen LogP contribution in [0.4, 0.5) is 15.8 Å². The highest BCUT2D eigenvalue weighted by molar-refractivity contribution is 8.00. The van der Waals surface area contributed by atoms with Crippen LogP contribution in [0, 0.1) is 10.8 Å². The lowest BCUT2D eigenvalue weighted by molar-refractivity contribution is -0.132. The van der Waals surface area contributed by atoms with Gasteiger partial charge in [-0.2, -0.15) is 0 Å². The number of carbonyl (C=O) groups is 1. The molecule has 3 N–H and O–H groups in total. The lowest BCUT2D eigenvalue weighted by atomic mass is 9.71. The van der Waals surface area contributed by atoms with E-state index in [0.717, 1.165) is 58.1 Å². The Morgan fingerprint density at radius 3 is 1.89 bits per heavy atom. The molecule has 10 heteroatoms. The highest BCUT2D eigenvalue weighted by Gasteiger charge is 2.59. The van der Waals surface area contributed by atoms with E-state index in [-0.39, 0.29) is 10.8 Å². The fourth-order valence-corrected chi connectivity index (χ4v) is 6.55. The molecule has 0 saturated carbocycles. The van der Waals surface area contributed by atoms with Crippen molar-refractivity contribution in [2.75, 3.05) is 87.8 Å². The van der Waals surface area contributed by atoms with Gasteiger partial charge in [-0.3, -0.25) is 4.79 Å². The largest absolute Gasteiger partial charge is 0.400 e. The van der Waals surface area contributed by atoms with Crippen LogP contribution in [0.5, 0.6) is 0 Å². The summed E-state index contributed by atoms with van der Waals surface area (Å²) in [6.07, 6.45) is 2.14. The van der Waals surface area contributed by atoms with Crippen LogP contribution >= 0.6 is 23.7 Å². The van der Waals surface area contributed by atoms with E-state index in [0.29, 0.717) is 25.4 Å². The molecule has 0 aliphatic carbocycles. The van der Waals surface area contributed by atoms with E-state index < -0.39 is 11.4 Å². The number of carbonyl (C=O) groups excluding carboxylic acids is 1. The number of piperazine rings is 1. The van der Waals surface area contributed by atoms with Crippen LogP contribution < -0.4 is 15.5 Å². The van der Waals surface area contributed by atoms with Crippen molar-refractivity contribution in [2.45, 2.75) is 33.2 Å². The number of halogens is 1. The first-order valence-corrected chi connectivity index (χ1v) is 15.1. The summed E-state index contributed by atoms with van der Waals surface area (Å²) in [4.78, 5) is 19.2. The average Bonchev–Trinajstić information content (AvgIpc) is 3.33. The quantitative estimate of drug-likeness (QED) is 0.507. The lowest BCUT2D eigenvalue weighted by Gasteiger charge is -2.35. The van der Waals surface area contributed by atoms with Gasteiger partial charge in [0.2, 0.25) is 5.50 Å². The van der Waals surface area contributed by atoms with Crippen molar-refractivity contribution in [3.8, 4) is 0 Å². The molecule has 4 rings (SSSR count). The maximum absolute atomic E-state index is 14.3. The molecule has 1 amide bonds. The number of aliphatic hydroxyl groups is 1. The Morgan fingerprint density at radius 2 is 1.44 bits per heavy atom. The van der Waals surface area contributed by atoms with E-state index in [1.165, 1.54) is 11.4 Å². The minimum Gasteiger partial charge on any atom is -0.400 e. The Labute approximate surface area is 226 Å². The summed E-state index contributed by atoms with van der Waals surface area (Å²) in [6, 6.07) is 8.93. The van der Waals surface area contributed by atoms with E-state index >= 15 is 0 Å². The number of nitrogens with two attached hydrogens (primary N) is 1. The first-order chi connectivity index (χ1) is 17.3. The van der Waals surface area contributed by atoms with Crippen LogP contribution in [0.1, 0.15) is 27.7 Å². The maximum Gasteiger partial charge on any atom is 0.267 e. The average molecular weight is 544 g/mol. The van der Waals surface area contributed by atoms with E-state index in [4.69, 9.17) is 10.8 Å². The monoisotopic (exact) mass is 543 g/mol. The van der Waals surface area contributed by atoms with Crippen molar-refractivity contribution >= 4 is 41.0 Å². The van der Waals surface area contributed by atoms with Crippen LogP contribution in [0.15, 0.2) is 24.3 Å². The summed E-state index contributed by atoms with van der Waals surface area (Å²) in [5.41, 5.74) is 6.37. The fraction of sp³-hybridized carbons (Fsp3) is 0.731. The second-order valence-corrected chi connectivity index (χ2v) is 11.8. The molecule has 206 valence electrons. The lowest BCUT2D eigenvalue weighted by Crippen LogP contribution is -2.43. The van der Waals surface area contributed by atoms with Gasteiger partial charge in [0.1, 0.15) is 0 Å². The molecule has 1 aromatic rings. The number of alkyl halides is 1. The van der Waals surface area contributed by atoms with E-state index in [2.05, 4.69) is 58.5 Å². The number of aliphatic hydroxyl groups excluding tert-OH is 1. The van der Waals surface area contributed by atoms with Gasteiger partial charge in [0.05, 0.1) is 0 Å². The minimum absolute atomic E-state index is 0.0479. The molecule has 3 heterocycles. The second kappa shape index (κ2) is 14.1. The number of nitrogens with zero attached hydrogens (tertiary/aromatic N) is 4. The molecule has 1 unspecified atom stereocenters. The Bertz CT molecular complexity index is 792. The summed E-state index contributed by atoms with van der Waals surface area (Å²) in [7, 11) is 1.00. The van der Waals surface area contributed by atoms with Gasteiger partial charge in [-0.05, 0) is 30.5 Å². The highest BCUT2D eigenvalue weighted by Crippen LogP contribution is 2.52. The summed E-state index contributed by atoms with van der Waals surface area (Å²) in [5.74, 6) is 0.0736. The van der Waals surface area contributed by atoms with E-state index in [9.17, 15) is 9.18 Å². The first-order valence-electron chi connectivity index (χ1n) is 12.9. The molecular weight excluding hydrogens is 497 g/mol. The van der Waals surface area contributed by atoms with Gasteiger partial charge in [-0.1, -0.05) is 39.6 Å². The number of anilines is 2. The normalized spacial score (nSPS) is 26.5. The molecule has 3 aliphatic rings. The zero-order valence-corrected chi connectivity index (χ0v) is 24.5. The van der Waals surface area contributed by atoms with Crippen molar-refractivity contribution in [3.63, 3.8) is 0 Å². The van der Waals surface area contributed by atoms with Crippen molar-refractivity contribution < 1.29 is 14.3 Å².